The van der Waals surface area contributed by atoms with E-state index < -0.39 is 0 Å². The zero-order valence-electron chi connectivity index (χ0n) is 11.4. The quantitative estimate of drug-likeness (QED) is 0.563. The molecule has 0 spiro atoms. The van der Waals surface area contributed by atoms with Crippen LogP contribution in [0.2, 0.25) is 0 Å². The summed E-state index contributed by atoms with van der Waals surface area (Å²) in [5.41, 5.74) is 1.69. The van der Waals surface area contributed by atoms with Crippen molar-refractivity contribution in [3.05, 3.63) is 11.6 Å². The Balaban J connectivity index is 1.50. The van der Waals surface area contributed by atoms with Crippen LogP contribution >= 0.6 is 0 Å². The van der Waals surface area contributed by atoms with Crippen molar-refractivity contribution >= 4 is 0 Å². The van der Waals surface area contributed by atoms with Crippen LogP contribution in [-0.4, -0.2) is 37.6 Å². The van der Waals surface area contributed by atoms with E-state index in [1.807, 2.05) is 0 Å². The predicted octanol–water partition coefficient (Wildman–Crippen LogP) is 2.95. The van der Waals surface area contributed by atoms with Crippen molar-refractivity contribution in [3.8, 4) is 0 Å². The minimum atomic E-state index is 0.835. The van der Waals surface area contributed by atoms with Gasteiger partial charge in [0.25, 0.3) is 0 Å². The van der Waals surface area contributed by atoms with E-state index in [9.17, 15) is 0 Å². The first-order chi connectivity index (χ1) is 8.36. The van der Waals surface area contributed by atoms with Gasteiger partial charge in [-0.05, 0) is 71.6 Å². The monoisotopic (exact) mass is 236 g/mol. The highest BCUT2D eigenvalue weighted by Crippen LogP contribution is 2.20. The Bertz CT molecular complexity index is 247. The highest BCUT2D eigenvalue weighted by molar-refractivity contribution is 5.07. The topological polar surface area (TPSA) is 15.3 Å². The van der Waals surface area contributed by atoms with E-state index in [1.54, 1.807) is 5.57 Å². The fourth-order valence-electron chi connectivity index (χ4n) is 3.12. The molecule has 17 heavy (non-hydrogen) atoms. The van der Waals surface area contributed by atoms with Crippen LogP contribution in [0, 0.1) is 0 Å². The van der Waals surface area contributed by atoms with Gasteiger partial charge >= 0.3 is 0 Å². The van der Waals surface area contributed by atoms with Crippen molar-refractivity contribution in [2.45, 2.75) is 57.4 Å². The molecule has 1 aliphatic heterocycles. The van der Waals surface area contributed by atoms with E-state index in [2.05, 4.69) is 23.3 Å². The van der Waals surface area contributed by atoms with Gasteiger partial charge in [0.15, 0.2) is 0 Å². The lowest BCUT2D eigenvalue weighted by atomic mass is 10.0. The summed E-state index contributed by atoms with van der Waals surface area (Å²) < 4.78 is 0. The number of allylic oxidation sites excluding steroid dienone is 1. The normalized spacial score (nSPS) is 26.2. The Morgan fingerprint density at radius 1 is 1.29 bits per heavy atom. The van der Waals surface area contributed by atoms with E-state index in [4.69, 9.17) is 0 Å². The summed E-state index contributed by atoms with van der Waals surface area (Å²) in [6.45, 7) is 3.68. The first-order valence-electron chi connectivity index (χ1n) is 7.45. The van der Waals surface area contributed by atoms with E-state index in [0.717, 1.165) is 6.04 Å². The summed E-state index contributed by atoms with van der Waals surface area (Å²) in [6, 6.07) is 0.835. The van der Waals surface area contributed by atoms with Gasteiger partial charge in [0, 0.05) is 6.04 Å². The number of likely N-dealkylation sites (tertiary alicyclic amines) is 1. The Labute approximate surface area is 106 Å². The van der Waals surface area contributed by atoms with Crippen LogP contribution in [0.1, 0.15) is 51.4 Å². The van der Waals surface area contributed by atoms with Crippen LogP contribution in [0.3, 0.4) is 0 Å². The number of rotatable bonds is 6. The number of hydrogen-bond donors (Lipinski definition) is 1. The molecule has 2 heteroatoms. The van der Waals surface area contributed by atoms with Crippen LogP contribution in [0.25, 0.3) is 0 Å². The molecule has 0 aromatic rings. The maximum atomic E-state index is 3.61. The third-order valence-corrected chi connectivity index (χ3v) is 4.33. The molecule has 1 unspecified atom stereocenters. The predicted molar refractivity (Wildman–Crippen MR) is 74.3 cm³/mol. The standard InChI is InChI=1S/C15H28N2/c1-17-13-5-4-8-15(17)10-12-16-11-9-14-6-2-3-7-14/h6,15-16H,2-5,7-13H2,1H3. The summed E-state index contributed by atoms with van der Waals surface area (Å²) >= 11 is 0. The molecule has 2 nitrogen and oxygen atoms in total. The largest absolute Gasteiger partial charge is 0.316 e. The van der Waals surface area contributed by atoms with Gasteiger partial charge in [-0.1, -0.05) is 18.1 Å². The molecule has 98 valence electrons. The average molecular weight is 236 g/mol. The zero-order chi connectivity index (χ0) is 11.9. The molecule has 2 aliphatic rings. The van der Waals surface area contributed by atoms with Crippen LogP contribution < -0.4 is 5.32 Å². The molecule has 1 fully saturated rings. The number of nitrogens with zero attached hydrogens (tertiary/aromatic N) is 1. The lowest BCUT2D eigenvalue weighted by Crippen LogP contribution is -2.38. The van der Waals surface area contributed by atoms with Gasteiger partial charge in [0.2, 0.25) is 0 Å². The Hall–Kier alpha value is -0.340. The SMILES string of the molecule is CN1CCCCC1CCNCCC1=CCCC1. The molecule has 0 aromatic carbocycles. The third kappa shape index (κ3) is 4.44. The summed E-state index contributed by atoms with van der Waals surface area (Å²) in [4.78, 5) is 2.55. The lowest BCUT2D eigenvalue weighted by molar-refractivity contribution is 0.175. The van der Waals surface area contributed by atoms with Crippen LogP contribution in [-0.2, 0) is 0 Å². The van der Waals surface area contributed by atoms with Gasteiger partial charge in [-0.25, -0.2) is 0 Å². The summed E-state index contributed by atoms with van der Waals surface area (Å²) in [5, 5.41) is 3.61. The molecule has 1 N–H and O–H groups in total. The van der Waals surface area contributed by atoms with Gasteiger partial charge in [-0.15, -0.1) is 0 Å². The Morgan fingerprint density at radius 3 is 3.00 bits per heavy atom. The molecule has 0 aromatic heterocycles. The fourth-order valence-corrected chi connectivity index (χ4v) is 3.12. The first kappa shape index (κ1) is 13.1. The van der Waals surface area contributed by atoms with E-state index in [1.165, 1.54) is 71.0 Å². The number of hydrogen-bond acceptors (Lipinski definition) is 2. The van der Waals surface area contributed by atoms with Crippen molar-refractivity contribution in [1.82, 2.24) is 10.2 Å². The average Bonchev–Trinajstić information content (AvgIpc) is 2.84. The first-order valence-corrected chi connectivity index (χ1v) is 7.45. The second kappa shape index (κ2) is 7.17. The van der Waals surface area contributed by atoms with E-state index >= 15 is 0 Å². The van der Waals surface area contributed by atoms with Gasteiger partial charge < -0.3 is 10.2 Å². The molecule has 0 radical (unpaired) electrons. The van der Waals surface area contributed by atoms with Crippen molar-refractivity contribution < 1.29 is 0 Å². The number of nitrogens with one attached hydrogen (secondary N) is 1. The maximum absolute atomic E-state index is 3.61. The summed E-state index contributed by atoms with van der Waals surface area (Å²) in [6.07, 6.45) is 13.4. The molecule has 1 atom stereocenters. The van der Waals surface area contributed by atoms with Gasteiger partial charge in [0.1, 0.15) is 0 Å². The fraction of sp³-hybridized carbons (Fsp3) is 0.867. The van der Waals surface area contributed by atoms with Gasteiger partial charge in [0.05, 0.1) is 0 Å². The summed E-state index contributed by atoms with van der Waals surface area (Å²) in [7, 11) is 2.28. The molecular weight excluding hydrogens is 208 g/mol. The lowest BCUT2D eigenvalue weighted by Gasteiger charge is -2.32. The highest BCUT2D eigenvalue weighted by atomic mass is 15.1. The molecule has 1 aliphatic carbocycles. The van der Waals surface area contributed by atoms with Crippen molar-refractivity contribution in [2.24, 2.45) is 0 Å². The molecule has 1 heterocycles. The smallest absolute Gasteiger partial charge is 0.0104 e. The van der Waals surface area contributed by atoms with Crippen molar-refractivity contribution in [2.75, 3.05) is 26.7 Å². The molecule has 0 saturated carbocycles. The molecule has 2 rings (SSSR count). The Kier molecular flexibility index (Phi) is 5.53. The van der Waals surface area contributed by atoms with Gasteiger partial charge in [-0.2, -0.15) is 0 Å². The second-order valence-corrected chi connectivity index (χ2v) is 5.67. The Morgan fingerprint density at radius 2 is 2.24 bits per heavy atom. The zero-order valence-corrected chi connectivity index (χ0v) is 11.4. The van der Waals surface area contributed by atoms with E-state index in [-0.39, 0.29) is 0 Å². The third-order valence-electron chi connectivity index (χ3n) is 4.33. The van der Waals surface area contributed by atoms with Crippen molar-refractivity contribution in [1.29, 1.82) is 0 Å². The molecule has 1 saturated heterocycles. The van der Waals surface area contributed by atoms with Crippen molar-refractivity contribution in [3.63, 3.8) is 0 Å². The van der Waals surface area contributed by atoms with Crippen LogP contribution in [0.4, 0.5) is 0 Å². The molecular formula is C15H28N2. The molecule has 0 amide bonds. The molecule has 0 bridgehead atoms. The van der Waals surface area contributed by atoms with Gasteiger partial charge in [-0.3, -0.25) is 0 Å². The van der Waals surface area contributed by atoms with Crippen LogP contribution in [0.5, 0.6) is 0 Å². The highest BCUT2D eigenvalue weighted by Gasteiger charge is 2.17. The van der Waals surface area contributed by atoms with Crippen LogP contribution in [0.15, 0.2) is 11.6 Å². The minimum absolute atomic E-state index is 0.835. The maximum Gasteiger partial charge on any atom is 0.0104 e. The second-order valence-electron chi connectivity index (χ2n) is 5.67. The summed E-state index contributed by atoms with van der Waals surface area (Å²) in [5.74, 6) is 0. The van der Waals surface area contributed by atoms with E-state index in [0.29, 0.717) is 0 Å². The minimum Gasteiger partial charge on any atom is -0.316 e. The number of piperidine rings is 1.